The zero-order chi connectivity index (χ0) is 12.7. The van der Waals surface area contributed by atoms with Gasteiger partial charge in [0.05, 0.1) is 5.60 Å². The molecule has 2 N–H and O–H groups in total. The summed E-state index contributed by atoms with van der Waals surface area (Å²) in [6.07, 6.45) is 3.81. The van der Waals surface area contributed by atoms with Gasteiger partial charge in [-0.05, 0) is 46.5 Å². The molecule has 2 fully saturated rings. The quantitative estimate of drug-likeness (QED) is 0.751. The van der Waals surface area contributed by atoms with Crippen LogP contribution >= 0.6 is 0 Å². The Labute approximate surface area is 103 Å². The molecule has 2 rings (SSSR count). The van der Waals surface area contributed by atoms with E-state index >= 15 is 0 Å². The predicted octanol–water partition coefficient (Wildman–Crippen LogP) is 1.28. The molecule has 0 bridgehead atoms. The fraction of sp³-hybridized carbons (Fsp3) is 0.923. The van der Waals surface area contributed by atoms with Crippen LogP contribution in [0.4, 0.5) is 0 Å². The van der Waals surface area contributed by atoms with Crippen LogP contribution in [0.3, 0.4) is 0 Å². The van der Waals surface area contributed by atoms with E-state index in [2.05, 4.69) is 0 Å². The molecule has 0 aromatic rings. The van der Waals surface area contributed by atoms with Crippen LogP contribution in [0.1, 0.15) is 46.5 Å². The average Bonchev–Trinajstić information content (AvgIpc) is 2.75. The van der Waals surface area contributed by atoms with Gasteiger partial charge in [0.1, 0.15) is 5.60 Å². The topological polar surface area (TPSA) is 55.6 Å². The van der Waals surface area contributed by atoms with Crippen molar-refractivity contribution >= 4 is 5.91 Å². The highest BCUT2D eigenvalue weighted by molar-refractivity contribution is 5.85. The molecular formula is C13H24N2O2. The van der Waals surface area contributed by atoms with Gasteiger partial charge in [-0.1, -0.05) is 0 Å². The molecule has 2 heterocycles. The molecule has 0 radical (unpaired) electrons. The largest absolute Gasteiger partial charge is 0.358 e. The second kappa shape index (κ2) is 4.25. The van der Waals surface area contributed by atoms with Crippen LogP contribution in [0.15, 0.2) is 0 Å². The van der Waals surface area contributed by atoms with E-state index in [1.54, 1.807) is 0 Å². The maximum absolute atomic E-state index is 12.5. The van der Waals surface area contributed by atoms with E-state index in [9.17, 15) is 4.79 Å². The summed E-state index contributed by atoms with van der Waals surface area (Å²) in [6.45, 7) is 7.63. The van der Waals surface area contributed by atoms with Crippen LogP contribution in [-0.2, 0) is 9.53 Å². The summed E-state index contributed by atoms with van der Waals surface area (Å²) in [5.74, 6) is 0.148. The molecule has 0 saturated carbocycles. The molecule has 2 aliphatic heterocycles. The number of nitrogens with two attached hydrogens (primary N) is 1. The fourth-order valence-corrected chi connectivity index (χ4v) is 2.89. The first-order valence-electron chi connectivity index (χ1n) is 6.60. The number of hydrogen-bond acceptors (Lipinski definition) is 3. The summed E-state index contributed by atoms with van der Waals surface area (Å²) in [7, 11) is 0. The van der Waals surface area contributed by atoms with E-state index in [1.165, 1.54) is 0 Å². The molecule has 0 aromatic heterocycles. The average molecular weight is 240 g/mol. The van der Waals surface area contributed by atoms with Crippen molar-refractivity contribution in [3.8, 4) is 0 Å². The van der Waals surface area contributed by atoms with Crippen LogP contribution in [0.5, 0.6) is 0 Å². The lowest BCUT2D eigenvalue weighted by Gasteiger charge is -2.46. The first-order valence-corrected chi connectivity index (χ1v) is 6.60. The highest BCUT2D eigenvalue weighted by Gasteiger charge is 2.48. The van der Waals surface area contributed by atoms with Gasteiger partial charge in [-0.25, -0.2) is 0 Å². The summed E-state index contributed by atoms with van der Waals surface area (Å²) in [6, 6.07) is 0.0157. The molecule has 4 heteroatoms. The van der Waals surface area contributed by atoms with E-state index in [0.29, 0.717) is 0 Å². The third-order valence-electron chi connectivity index (χ3n) is 4.16. The van der Waals surface area contributed by atoms with Gasteiger partial charge in [-0.2, -0.15) is 0 Å². The third-order valence-corrected chi connectivity index (χ3v) is 4.16. The minimum atomic E-state index is -0.677. The maximum atomic E-state index is 12.5. The molecule has 1 amide bonds. The lowest BCUT2D eigenvalue weighted by atomic mass is 9.83. The van der Waals surface area contributed by atoms with Gasteiger partial charge in [-0.15, -0.1) is 0 Å². The van der Waals surface area contributed by atoms with Crippen LogP contribution in [0.2, 0.25) is 0 Å². The van der Waals surface area contributed by atoms with Gasteiger partial charge in [0.15, 0.2) is 0 Å². The molecule has 0 spiro atoms. The van der Waals surface area contributed by atoms with Crippen molar-refractivity contribution in [2.75, 3.05) is 13.1 Å². The van der Waals surface area contributed by atoms with Crippen molar-refractivity contribution in [3.05, 3.63) is 0 Å². The molecular weight excluding hydrogens is 216 g/mol. The normalized spacial score (nSPS) is 37.2. The molecule has 0 aliphatic carbocycles. The summed E-state index contributed by atoms with van der Waals surface area (Å²) < 4.78 is 6.03. The molecule has 4 nitrogen and oxygen atoms in total. The number of ether oxygens (including phenoxy) is 1. The molecule has 2 aliphatic rings. The maximum Gasteiger partial charge on any atom is 0.254 e. The zero-order valence-electron chi connectivity index (χ0n) is 11.2. The SMILES string of the molecule is CC1(C(=O)N2CCCC2)CCC(N)C(C)(C)O1. The van der Waals surface area contributed by atoms with Crippen molar-refractivity contribution in [2.45, 2.75) is 63.7 Å². The Balaban J connectivity index is 2.10. The Hall–Kier alpha value is -0.610. The number of amides is 1. The molecule has 2 unspecified atom stereocenters. The van der Waals surface area contributed by atoms with Gasteiger partial charge in [0.2, 0.25) is 0 Å². The fourth-order valence-electron chi connectivity index (χ4n) is 2.89. The van der Waals surface area contributed by atoms with Crippen LogP contribution in [0, 0.1) is 0 Å². The predicted molar refractivity (Wildman–Crippen MR) is 66.6 cm³/mol. The molecule has 98 valence electrons. The highest BCUT2D eigenvalue weighted by Crippen LogP contribution is 2.36. The minimum Gasteiger partial charge on any atom is -0.358 e. The van der Waals surface area contributed by atoms with Gasteiger partial charge >= 0.3 is 0 Å². The number of hydrogen-bond donors (Lipinski definition) is 1. The lowest BCUT2D eigenvalue weighted by molar-refractivity contribution is -0.194. The third kappa shape index (κ3) is 2.33. The van der Waals surface area contributed by atoms with Crippen molar-refractivity contribution in [1.29, 1.82) is 0 Å². The van der Waals surface area contributed by atoms with E-state index in [-0.39, 0.29) is 11.9 Å². The summed E-state index contributed by atoms with van der Waals surface area (Å²) in [5, 5.41) is 0. The Morgan fingerprint density at radius 3 is 2.41 bits per heavy atom. The van der Waals surface area contributed by atoms with Gasteiger partial charge in [0.25, 0.3) is 5.91 Å². The van der Waals surface area contributed by atoms with Crippen LogP contribution in [0.25, 0.3) is 0 Å². The number of likely N-dealkylation sites (tertiary alicyclic amines) is 1. The van der Waals surface area contributed by atoms with Crippen molar-refractivity contribution in [2.24, 2.45) is 5.73 Å². The molecule has 0 aromatic carbocycles. The number of rotatable bonds is 1. The second-order valence-electron chi connectivity index (χ2n) is 6.08. The Bertz CT molecular complexity index is 311. The van der Waals surface area contributed by atoms with Crippen LogP contribution < -0.4 is 5.73 Å². The van der Waals surface area contributed by atoms with Crippen molar-refractivity contribution < 1.29 is 9.53 Å². The second-order valence-corrected chi connectivity index (χ2v) is 6.08. The van der Waals surface area contributed by atoms with Gasteiger partial charge < -0.3 is 15.4 Å². The summed E-state index contributed by atoms with van der Waals surface area (Å²) in [5.41, 5.74) is 4.95. The molecule has 2 saturated heterocycles. The monoisotopic (exact) mass is 240 g/mol. The van der Waals surface area contributed by atoms with Gasteiger partial charge in [-0.3, -0.25) is 4.79 Å². The van der Waals surface area contributed by atoms with E-state index in [1.807, 2.05) is 25.7 Å². The smallest absolute Gasteiger partial charge is 0.254 e. The van der Waals surface area contributed by atoms with E-state index < -0.39 is 11.2 Å². The Morgan fingerprint density at radius 1 is 1.29 bits per heavy atom. The Morgan fingerprint density at radius 2 is 1.88 bits per heavy atom. The van der Waals surface area contributed by atoms with E-state index in [4.69, 9.17) is 10.5 Å². The van der Waals surface area contributed by atoms with Crippen molar-refractivity contribution in [1.82, 2.24) is 4.90 Å². The van der Waals surface area contributed by atoms with Crippen LogP contribution in [-0.4, -0.2) is 41.1 Å². The first kappa shape index (κ1) is 12.8. The molecule has 17 heavy (non-hydrogen) atoms. The number of nitrogens with zero attached hydrogens (tertiary/aromatic N) is 1. The summed E-state index contributed by atoms with van der Waals surface area (Å²) in [4.78, 5) is 14.4. The zero-order valence-corrected chi connectivity index (χ0v) is 11.2. The number of carbonyl (C=O) groups excluding carboxylic acids is 1. The molecule has 2 atom stereocenters. The standard InChI is InChI=1S/C13H24N2O2/c1-12(2)10(14)6-7-13(3,17-12)11(16)15-8-4-5-9-15/h10H,4-9,14H2,1-3H3. The number of carbonyl (C=O) groups is 1. The minimum absolute atomic E-state index is 0.0157. The highest BCUT2D eigenvalue weighted by atomic mass is 16.5. The first-order chi connectivity index (χ1) is 7.85. The van der Waals surface area contributed by atoms with Crippen molar-refractivity contribution in [3.63, 3.8) is 0 Å². The van der Waals surface area contributed by atoms with E-state index in [0.717, 1.165) is 38.8 Å². The summed E-state index contributed by atoms with van der Waals surface area (Å²) >= 11 is 0. The Kier molecular flexibility index (Phi) is 3.21. The van der Waals surface area contributed by atoms with Gasteiger partial charge in [0, 0.05) is 19.1 Å². The lowest BCUT2D eigenvalue weighted by Crippen LogP contribution is -2.60.